The van der Waals surface area contributed by atoms with E-state index in [-0.39, 0.29) is 16.9 Å². The van der Waals surface area contributed by atoms with Crippen molar-refractivity contribution in [2.45, 2.75) is 30.1 Å². The maximum absolute atomic E-state index is 6.60. The third-order valence-corrected chi connectivity index (χ3v) is 6.99. The van der Waals surface area contributed by atoms with Crippen LogP contribution in [0.3, 0.4) is 0 Å². The molecule has 6 nitrogen and oxygen atoms in total. The standard InChI is InChI=1S/C20H25NO5/c1-21-10-9-19-15-13-5-6-14(22-2)16(15)26-17(19)20(23-3,24-4)11-18(19,8-7-13)12-25-21/h5-8,17H,9-12H2,1-4H3/t17-,18-,19+/m1/s1. The molecule has 2 fully saturated rings. The van der Waals surface area contributed by atoms with Crippen molar-refractivity contribution in [3.63, 3.8) is 0 Å². The van der Waals surface area contributed by atoms with E-state index in [1.165, 1.54) is 11.1 Å². The number of rotatable bonds is 3. The molecular formula is C20H25NO5. The molecule has 0 amide bonds. The molecule has 26 heavy (non-hydrogen) atoms. The number of methoxy groups -OCH3 is 3. The summed E-state index contributed by atoms with van der Waals surface area (Å²) < 4.78 is 24.2. The van der Waals surface area contributed by atoms with E-state index in [9.17, 15) is 0 Å². The Balaban J connectivity index is 1.83. The molecule has 6 heteroatoms. The fourth-order valence-corrected chi connectivity index (χ4v) is 5.73. The molecule has 0 bridgehead atoms. The molecule has 2 aliphatic heterocycles. The number of hydrogen-bond acceptors (Lipinski definition) is 6. The van der Waals surface area contributed by atoms with Crippen LogP contribution in [0.5, 0.6) is 11.5 Å². The van der Waals surface area contributed by atoms with Gasteiger partial charge in [-0.3, -0.25) is 4.84 Å². The lowest BCUT2D eigenvalue weighted by Crippen LogP contribution is -2.53. The maximum Gasteiger partial charge on any atom is 0.207 e. The highest BCUT2D eigenvalue weighted by Crippen LogP contribution is 2.71. The number of benzene rings is 1. The highest BCUT2D eigenvalue weighted by atomic mass is 16.7. The molecule has 1 saturated heterocycles. The molecule has 2 heterocycles. The van der Waals surface area contributed by atoms with Gasteiger partial charge in [0, 0.05) is 45.2 Å². The van der Waals surface area contributed by atoms with E-state index < -0.39 is 5.79 Å². The number of hydrogen-bond donors (Lipinski definition) is 0. The van der Waals surface area contributed by atoms with Crippen molar-refractivity contribution in [3.8, 4) is 11.5 Å². The SMILES string of the molecule is COc1ccc2c3c1O[C@H]1C(OC)(OC)C[C@]4(C=C2)CON(C)CC[C@]314. The minimum Gasteiger partial charge on any atom is -0.493 e. The van der Waals surface area contributed by atoms with Gasteiger partial charge in [0.05, 0.1) is 19.1 Å². The first-order valence-electron chi connectivity index (χ1n) is 9.07. The second-order valence-corrected chi connectivity index (χ2v) is 7.79. The summed E-state index contributed by atoms with van der Waals surface area (Å²) in [6.45, 7) is 1.39. The van der Waals surface area contributed by atoms with Gasteiger partial charge in [0.1, 0.15) is 0 Å². The zero-order chi connectivity index (χ0) is 18.2. The van der Waals surface area contributed by atoms with Crippen LogP contribution < -0.4 is 9.47 Å². The van der Waals surface area contributed by atoms with Crippen LogP contribution in [-0.2, 0) is 19.7 Å². The highest BCUT2D eigenvalue weighted by molar-refractivity contribution is 5.72. The van der Waals surface area contributed by atoms with Crippen LogP contribution in [0.4, 0.5) is 0 Å². The summed E-state index contributed by atoms with van der Waals surface area (Å²) in [5.41, 5.74) is 1.89. The fourth-order valence-electron chi connectivity index (χ4n) is 5.73. The zero-order valence-electron chi connectivity index (χ0n) is 15.7. The van der Waals surface area contributed by atoms with Crippen LogP contribution in [0.1, 0.15) is 24.0 Å². The molecular weight excluding hydrogens is 334 g/mol. The second-order valence-electron chi connectivity index (χ2n) is 7.79. The minimum atomic E-state index is -0.824. The maximum atomic E-state index is 6.60. The topological polar surface area (TPSA) is 49.4 Å². The van der Waals surface area contributed by atoms with Gasteiger partial charge in [-0.05, 0) is 18.1 Å². The van der Waals surface area contributed by atoms with Crippen molar-refractivity contribution in [1.82, 2.24) is 5.06 Å². The predicted molar refractivity (Wildman–Crippen MR) is 95.1 cm³/mol. The zero-order valence-corrected chi connectivity index (χ0v) is 15.7. The van der Waals surface area contributed by atoms with Gasteiger partial charge in [-0.25, -0.2) is 0 Å². The molecule has 140 valence electrons. The first-order chi connectivity index (χ1) is 12.6. The molecule has 3 atom stereocenters. The second kappa shape index (κ2) is 5.23. The molecule has 2 aliphatic carbocycles. The van der Waals surface area contributed by atoms with Crippen LogP contribution in [0.25, 0.3) is 6.08 Å². The van der Waals surface area contributed by atoms with Crippen LogP contribution in [0, 0.1) is 5.41 Å². The number of hydroxylamine groups is 2. The average Bonchev–Trinajstić information content (AvgIpc) is 3.09. The van der Waals surface area contributed by atoms with Crippen LogP contribution in [0.15, 0.2) is 18.2 Å². The Hall–Kier alpha value is -1.60. The Morgan fingerprint density at radius 3 is 2.73 bits per heavy atom. The Morgan fingerprint density at radius 1 is 1.19 bits per heavy atom. The Bertz CT molecular complexity index is 789. The number of nitrogens with zero attached hydrogens (tertiary/aromatic N) is 1. The van der Waals surface area contributed by atoms with Gasteiger partial charge < -0.3 is 18.9 Å². The monoisotopic (exact) mass is 359 g/mol. The Kier molecular flexibility index (Phi) is 3.33. The summed E-state index contributed by atoms with van der Waals surface area (Å²) in [5, 5.41) is 1.93. The van der Waals surface area contributed by atoms with Crippen molar-refractivity contribution >= 4 is 6.08 Å². The molecule has 0 unspecified atom stereocenters. The normalized spacial score (nSPS) is 36.2. The smallest absolute Gasteiger partial charge is 0.207 e. The van der Waals surface area contributed by atoms with E-state index in [1.807, 2.05) is 18.2 Å². The fraction of sp³-hybridized carbons (Fsp3) is 0.600. The lowest BCUT2D eigenvalue weighted by molar-refractivity contribution is -0.246. The Morgan fingerprint density at radius 2 is 2.00 bits per heavy atom. The third kappa shape index (κ3) is 1.67. The van der Waals surface area contributed by atoms with Gasteiger partial charge in [-0.2, -0.15) is 5.06 Å². The molecule has 0 N–H and O–H groups in total. The van der Waals surface area contributed by atoms with Crippen molar-refractivity contribution in [2.24, 2.45) is 5.41 Å². The van der Waals surface area contributed by atoms with E-state index in [0.29, 0.717) is 13.0 Å². The van der Waals surface area contributed by atoms with Crippen molar-refractivity contribution in [2.75, 3.05) is 41.5 Å². The van der Waals surface area contributed by atoms with E-state index in [2.05, 4.69) is 18.2 Å². The van der Waals surface area contributed by atoms with Crippen LogP contribution >= 0.6 is 0 Å². The predicted octanol–water partition coefficient (Wildman–Crippen LogP) is 2.37. The van der Waals surface area contributed by atoms with Crippen molar-refractivity contribution in [3.05, 3.63) is 29.3 Å². The molecule has 1 saturated carbocycles. The van der Waals surface area contributed by atoms with E-state index >= 15 is 0 Å². The molecule has 1 aromatic rings. The summed E-state index contributed by atoms with van der Waals surface area (Å²) >= 11 is 0. The van der Waals surface area contributed by atoms with Gasteiger partial charge in [-0.15, -0.1) is 0 Å². The van der Waals surface area contributed by atoms with Gasteiger partial charge in [-0.1, -0.05) is 18.2 Å². The van der Waals surface area contributed by atoms with Gasteiger partial charge >= 0.3 is 0 Å². The molecule has 1 aromatic carbocycles. The summed E-state index contributed by atoms with van der Waals surface area (Å²) in [5.74, 6) is 0.762. The van der Waals surface area contributed by atoms with Gasteiger partial charge in [0.2, 0.25) is 5.79 Å². The summed E-state index contributed by atoms with van der Waals surface area (Å²) in [7, 11) is 7.08. The summed E-state index contributed by atoms with van der Waals surface area (Å²) in [6.07, 6.45) is 5.83. The Labute approximate surface area is 153 Å². The summed E-state index contributed by atoms with van der Waals surface area (Å²) in [6, 6.07) is 4.09. The quantitative estimate of drug-likeness (QED) is 0.773. The van der Waals surface area contributed by atoms with E-state index in [4.69, 9.17) is 23.8 Å². The summed E-state index contributed by atoms with van der Waals surface area (Å²) in [4.78, 5) is 6.08. The lowest BCUT2D eigenvalue weighted by atomic mass is 9.57. The molecule has 5 rings (SSSR count). The van der Waals surface area contributed by atoms with Crippen LogP contribution in [0.2, 0.25) is 0 Å². The lowest BCUT2D eigenvalue weighted by Gasteiger charge is -2.43. The van der Waals surface area contributed by atoms with E-state index in [1.54, 1.807) is 21.3 Å². The number of ether oxygens (including phenoxy) is 4. The first-order valence-corrected chi connectivity index (χ1v) is 9.07. The van der Waals surface area contributed by atoms with E-state index in [0.717, 1.165) is 24.5 Å². The molecule has 4 aliphatic rings. The highest BCUT2D eigenvalue weighted by Gasteiger charge is 2.76. The van der Waals surface area contributed by atoms with Crippen molar-refractivity contribution < 1.29 is 23.8 Å². The van der Waals surface area contributed by atoms with Gasteiger partial charge in [0.15, 0.2) is 17.6 Å². The molecule has 1 spiro atoms. The van der Waals surface area contributed by atoms with Crippen molar-refractivity contribution in [1.29, 1.82) is 0 Å². The first kappa shape index (κ1) is 16.6. The molecule has 0 aromatic heterocycles. The van der Waals surface area contributed by atoms with Gasteiger partial charge in [0.25, 0.3) is 0 Å². The minimum absolute atomic E-state index is 0.251. The van der Waals surface area contributed by atoms with Crippen LogP contribution in [-0.4, -0.2) is 58.5 Å². The molecule has 0 radical (unpaired) electrons. The largest absolute Gasteiger partial charge is 0.493 e. The average molecular weight is 359 g/mol. The third-order valence-electron chi connectivity index (χ3n) is 6.99.